The monoisotopic (exact) mass is 390 g/mol. The van der Waals surface area contributed by atoms with Gasteiger partial charge in [-0.2, -0.15) is 0 Å². The number of benzene rings is 2. The number of esters is 1. The molecule has 1 amide bonds. The standard InChI is InChI=1S/C18H18N2O8/c1-25-14-8-11(9-15(26-2)17(14)27-3)18(22)28-10-16(21)19-12-4-6-13(7-5-12)20(23)24/h4-9H,10H2,1-3H3,(H,19,21). The fraction of sp³-hybridized carbons (Fsp3) is 0.222. The summed E-state index contributed by atoms with van der Waals surface area (Å²) in [6, 6.07) is 8.04. The lowest BCUT2D eigenvalue weighted by Crippen LogP contribution is -2.21. The predicted octanol–water partition coefficient (Wildman–Crippen LogP) is 2.42. The van der Waals surface area contributed by atoms with Crippen LogP contribution in [0.4, 0.5) is 11.4 Å². The van der Waals surface area contributed by atoms with Gasteiger partial charge in [-0.25, -0.2) is 4.79 Å². The quantitative estimate of drug-likeness (QED) is 0.414. The number of hydrogen-bond acceptors (Lipinski definition) is 8. The molecule has 28 heavy (non-hydrogen) atoms. The minimum Gasteiger partial charge on any atom is -0.493 e. The summed E-state index contributed by atoms with van der Waals surface area (Å²) in [6.45, 7) is -0.549. The number of nitro benzene ring substituents is 1. The summed E-state index contributed by atoms with van der Waals surface area (Å²) < 4.78 is 20.5. The highest BCUT2D eigenvalue weighted by atomic mass is 16.6. The van der Waals surface area contributed by atoms with Crippen LogP contribution < -0.4 is 19.5 Å². The molecule has 0 aliphatic rings. The van der Waals surface area contributed by atoms with E-state index in [1.165, 1.54) is 57.7 Å². The van der Waals surface area contributed by atoms with E-state index < -0.39 is 23.4 Å². The molecule has 1 N–H and O–H groups in total. The molecule has 0 atom stereocenters. The molecule has 0 heterocycles. The minimum absolute atomic E-state index is 0.105. The number of carbonyl (C=O) groups excluding carboxylic acids is 2. The number of nitrogens with one attached hydrogen (secondary N) is 1. The normalized spacial score (nSPS) is 9.96. The van der Waals surface area contributed by atoms with Crippen molar-refractivity contribution < 1.29 is 33.5 Å². The predicted molar refractivity (Wildman–Crippen MR) is 98.1 cm³/mol. The molecule has 0 saturated heterocycles. The average molecular weight is 390 g/mol. The van der Waals surface area contributed by atoms with Crippen LogP contribution >= 0.6 is 0 Å². The van der Waals surface area contributed by atoms with Gasteiger partial charge in [-0.1, -0.05) is 0 Å². The van der Waals surface area contributed by atoms with Crippen LogP contribution in [0.25, 0.3) is 0 Å². The van der Waals surface area contributed by atoms with Crippen molar-refractivity contribution in [3.8, 4) is 17.2 Å². The third kappa shape index (κ3) is 4.87. The third-order valence-electron chi connectivity index (χ3n) is 3.60. The second-order valence-corrected chi connectivity index (χ2v) is 5.34. The van der Waals surface area contributed by atoms with Crippen molar-refractivity contribution >= 4 is 23.3 Å². The van der Waals surface area contributed by atoms with Crippen molar-refractivity contribution in [2.75, 3.05) is 33.3 Å². The van der Waals surface area contributed by atoms with Gasteiger partial charge in [0.25, 0.3) is 11.6 Å². The van der Waals surface area contributed by atoms with Gasteiger partial charge in [0.1, 0.15) is 0 Å². The Morgan fingerprint density at radius 3 is 2.04 bits per heavy atom. The van der Waals surface area contributed by atoms with Crippen LogP contribution in [0.3, 0.4) is 0 Å². The lowest BCUT2D eigenvalue weighted by Gasteiger charge is -2.13. The number of anilines is 1. The molecule has 0 spiro atoms. The van der Waals surface area contributed by atoms with Crippen molar-refractivity contribution in [3.63, 3.8) is 0 Å². The van der Waals surface area contributed by atoms with E-state index in [9.17, 15) is 19.7 Å². The summed E-state index contributed by atoms with van der Waals surface area (Å²) in [4.78, 5) is 34.2. The summed E-state index contributed by atoms with van der Waals surface area (Å²) >= 11 is 0. The van der Waals surface area contributed by atoms with Crippen molar-refractivity contribution in [2.45, 2.75) is 0 Å². The molecule has 0 aliphatic carbocycles. The van der Waals surface area contributed by atoms with Crippen molar-refractivity contribution in [2.24, 2.45) is 0 Å². The minimum atomic E-state index is -0.766. The molecule has 0 bridgehead atoms. The van der Waals surface area contributed by atoms with Gasteiger partial charge < -0.3 is 24.3 Å². The zero-order chi connectivity index (χ0) is 20.7. The first kappa shape index (κ1) is 20.5. The molecule has 148 valence electrons. The van der Waals surface area contributed by atoms with Gasteiger partial charge in [0.15, 0.2) is 18.1 Å². The first-order chi connectivity index (χ1) is 13.4. The molecule has 2 aromatic carbocycles. The Kier molecular flexibility index (Phi) is 6.74. The van der Waals surface area contributed by atoms with Gasteiger partial charge in [-0.15, -0.1) is 0 Å². The van der Waals surface area contributed by atoms with Gasteiger partial charge in [-0.05, 0) is 24.3 Å². The van der Waals surface area contributed by atoms with Crippen LogP contribution in [0.2, 0.25) is 0 Å². The van der Waals surface area contributed by atoms with E-state index >= 15 is 0 Å². The third-order valence-corrected chi connectivity index (χ3v) is 3.60. The molecule has 0 aliphatic heterocycles. The van der Waals surface area contributed by atoms with E-state index in [4.69, 9.17) is 18.9 Å². The van der Waals surface area contributed by atoms with Gasteiger partial charge in [-0.3, -0.25) is 14.9 Å². The van der Waals surface area contributed by atoms with Crippen LogP contribution in [0.5, 0.6) is 17.2 Å². The maximum atomic E-state index is 12.2. The summed E-state index contributed by atoms with van der Waals surface area (Å²) in [5.74, 6) is -0.515. The largest absolute Gasteiger partial charge is 0.493 e. The number of ether oxygens (including phenoxy) is 4. The smallest absolute Gasteiger partial charge is 0.338 e. The maximum Gasteiger partial charge on any atom is 0.338 e. The molecule has 0 saturated carbocycles. The Bertz CT molecular complexity index is 855. The first-order valence-electron chi connectivity index (χ1n) is 7.91. The highest BCUT2D eigenvalue weighted by Gasteiger charge is 2.18. The van der Waals surface area contributed by atoms with Crippen LogP contribution in [0.15, 0.2) is 36.4 Å². The molecule has 0 radical (unpaired) electrons. The van der Waals surface area contributed by atoms with Gasteiger partial charge in [0.2, 0.25) is 5.75 Å². The Labute approximate surface area is 160 Å². The molecule has 0 aromatic heterocycles. The number of methoxy groups -OCH3 is 3. The second-order valence-electron chi connectivity index (χ2n) is 5.34. The Balaban J connectivity index is 2.01. The van der Waals surface area contributed by atoms with E-state index in [2.05, 4.69) is 5.32 Å². The number of amides is 1. The van der Waals surface area contributed by atoms with Gasteiger partial charge in [0.05, 0.1) is 31.8 Å². The van der Waals surface area contributed by atoms with E-state index in [-0.39, 0.29) is 22.7 Å². The zero-order valence-electron chi connectivity index (χ0n) is 15.4. The van der Waals surface area contributed by atoms with E-state index in [0.717, 1.165) is 0 Å². The number of nitrogens with zero attached hydrogens (tertiary/aromatic N) is 1. The van der Waals surface area contributed by atoms with Gasteiger partial charge in [0, 0.05) is 17.8 Å². The van der Waals surface area contributed by atoms with E-state index in [0.29, 0.717) is 11.4 Å². The molecule has 0 fully saturated rings. The van der Waals surface area contributed by atoms with Crippen LogP contribution in [-0.4, -0.2) is 44.7 Å². The fourth-order valence-corrected chi connectivity index (χ4v) is 2.28. The summed E-state index contributed by atoms with van der Waals surface area (Å²) in [5.41, 5.74) is 0.337. The summed E-state index contributed by atoms with van der Waals surface area (Å²) in [7, 11) is 4.25. The van der Waals surface area contributed by atoms with Crippen molar-refractivity contribution in [1.29, 1.82) is 0 Å². The van der Waals surface area contributed by atoms with E-state index in [1.807, 2.05) is 0 Å². The summed E-state index contributed by atoms with van der Waals surface area (Å²) in [6.07, 6.45) is 0. The van der Waals surface area contributed by atoms with Crippen molar-refractivity contribution in [1.82, 2.24) is 0 Å². The molecule has 10 heteroatoms. The molecule has 2 rings (SSSR count). The molecular formula is C18H18N2O8. The van der Waals surface area contributed by atoms with Crippen LogP contribution in [-0.2, 0) is 9.53 Å². The lowest BCUT2D eigenvalue weighted by atomic mass is 10.2. The molecule has 10 nitrogen and oxygen atoms in total. The Morgan fingerprint density at radius 1 is 1.00 bits per heavy atom. The highest BCUT2D eigenvalue weighted by Crippen LogP contribution is 2.38. The zero-order valence-corrected chi connectivity index (χ0v) is 15.4. The first-order valence-corrected chi connectivity index (χ1v) is 7.91. The number of rotatable bonds is 8. The second kappa shape index (κ2) is 9.21. The highest BCUT2D eigenvalue weighted by molar-refractivity contribution is 5.96. The number of non-ortho nitro benzene ring substituents is 1. The topological polar surface area (TPSA) is 126 Å². The Hall–Kier alpha value is -3.82. The fourth-order valence-electron chi connectivity index (χ4n) is 2.28. The van der Waals surface area contributed by atoms with E-state index in [1.54, 1.807) is 0 Å². The summed E-state index contributed by atoms with van der Waals surface area (Å²) in [5, 5.41) is 13.1. The lowest BCUT2D eigenvalue weighted by molar-refractivity contribution is -0.384. The van der Waals surface area contributed by atoms with Gasteiger partial charge >= 0.3 is 5.97 Å². The Morgan fingerprint density at radius 2 is 1.57 bits per heavy atom. The maximum absolute atomic E-state index is 12.2. The molecular weight excluding hydrogens is 372 g/mol. The number of nitro groups is 1. The number of hydrogen-bond donors (Lipinski definition) is 1. The van der Waals surface area contributed by atoms with Crippen LogP contribution in [0.1, 0.15) is 10.4 Å². The van der Waals surface area contributed by atoms with Crippen molar-refractivity contribution in [3.05, 3.63) is 52.1 Å². The van der Waals surface area contributed by atoms with Crippen LogP contribution in [0, 0.1) is 10.1 Å². The molecule has 2 aromatic rings. The average Bonchev–Trinajstić information content (AvgIpc) is 2.71. The molecule has 0 unspecified atom stereocenters. The number of carbonyl (C=O) groups is 2. The SMILES string of the molecule is COc1cc(C(=O)OCC(=O)Nc2ccc([N+](=O)[O-])cc2)cc(OC)c1OC.